The smallest absolute Gasteiger partial charge is 0.303 e. The summed E-state index contributed by atoms with van der Waals surface area (Å²) in [5.41, 5.74) is 1.50. The van der Waals surface area contributed by atoms with Crippen LogP contribution >= 0.6 is 0 Å². The van der Waals surface area contributed by atoms with E-state index in [2.05, 4.69) is 12.2 Å². The molecule has 0 aromatic rings. The van der Waals surface area contributed by atoms with Gasteiger partial charge in [0, 0.05) is 25.4 Å². The van der Waals surface area contributed by atoms with Gasteiger partial charge < -0.3 is 24.1 Å². The van der Waals surface area contributed by atoms with Gasteiger partial charge in [-0.15, -0.1) is 0 Å². The van der Waals surface area contributed by atoms with Gasteiger partial charge in [-0.05, 0) is 94.5 Å². The van der Waals surface area contributed by atoms with Gasteiger partial charge in [0.05, 0.1) is 12.7 Å². The van der Waals surface area contributed by atoms with Crippen molar-refractivity contribution in [3.8, 4) is 0 Å². The molecule has 0 bridgehead atoms. The molecule has 3 aliphatic carbocycles. The number of rotatable bonds is 12. The quantitative estimate of drug-likeness (QED) is 0.160. The van der Waals surface area contributed by atoms with Gasteiger partial charge in [0.15, 0.2) is 12.6 Å². The van der Waals surface area contributed by atoms with E-state index in [4.69, 9.17) is 24.1 Å². The third-order valence-electron chi connectivity index (χ3n) is 9.58. The molecule has 6 atom stereocenters. The predicted octanol–water partition coefficient (Wildman–Crippen LogP) is 7.52. The normalized spacial score (nSPS) is 34.6. The van der Waals surface area contributed by atoms with E-state index in [1.807, 2.05) is 0 Å². The number of carboxylic acid groups (broad SMARTS) is 1. The van der Waals surface area contributed by atoms with Crippen LogP contribution in [0.15, 0.2) is 23.5 Å². The maximum Gasteiger partial charge on any atom is 0.303 e. The number of allylic oxidation sites excluding steroid dienone is 3. The van der Waals surface area contributed by atoms with E-state index in [0.717, 1.165) is 95.5 Å². The van der Waals surface area contributed by atoms with Crippen LogP contribution in [0.4, 0.5) is 0 Å². The Bertz CT molecular complexity index is 803. The Morgan fingerprint density at radius 2 is 1.68 bits per heavy atom. The lowest BCUT2D eigenvalue weighted by molar-refractivity contribution is -0.201. The largest absolute Gasteiger partial charge is 0.481 e. The van der Waals surface area contributed by atoms with Gasteiger partial charge >= 0.3 is 5.97 Å². The molecule has 2 saturated carbocycles. The molecule has 5 aliphatic rings. The van der Waals surface area contributed by atoms with Gasteiger partial charge in [0.2, 0.25) is 0 Å². The van der Waals surface area contributed by atoms with Crippen LogP contribution in [0.25, 0.3) is 0 Å². The molecule has 2 aliphatic heterocycles. The summed E-state index contributed by atoms with van der Waals surface area (Å²) in [4.78, 5) is 10.9. The molecule has 0 aromatic carbocycles. The average molecular weight is 531 g/mol. The highest BCUT2D eigenvalue weighted by molar-refractivity contribution is 5.66. The van der Waals surface area contributed by atoms with Crippen LogP contribution in [0.3, 0.4) is 0 Å². The first-order chi connectivity index (χ1) is 18.7. The second-order valence-corrected chi connectivity index (χ2v) is 12.4. The zero-order chi connectivity index (χ0) is 26.2. The van der Waals surface area contributed by atoms with E-state index in [0.29, 0.717) is 11.8 Å². The Kier molecular flexibility index (Phi) is 10.6. The average Bonchev–Trinajstić information content (AvgIpc) is 3.47. The van der Waals surface area contributed by atoms with Crippen molar-refractivity contribution in [1.29, 1.82) is 0 Å². The SMILES string of the molecule is O=C(O)CCCCC1=C[C@@H]2C[C@@H](OC3CCCCO3)[C@@H](C(=CCC3CCCCC3)OC3CCCCO3)[C@@H]2C1. The molecule has 2 saturated heterocycles. The van der Waals surface area contributed by atoms with E-state index in [1.165, 1.54) is 44.1 Å². The highest BCUT2D eigenvalue weighted by Gasteiger charge is 2.49. The van der Waals surface area contributed by atoms with Crippen molar-refractivity contribution in [1.82, 2.24) is 0 Å². The monoisotopic (exact) mass is 530 g/mol. The summed E-state index contributed by atoms with van der Waals surface area (Å²) in [5.74, 6) is 2.40. The fourth-order valence-electron chi connectivity index (χ4n) is 7.56. The molecule has 38 heavy (non-hydrogen) atoms. The zero-order valence-corrected chi connectivity index (χ0v) is 23.3. The number of hydrogen-bond donors (Lipinski definition) is 1. The molecule has 2 unspecified atom stereocenters. The second-order valence-electron chi connectivity index (χ2n) is 12.4. The lowest BCUT2D eigenvalue weighted by Crippen LogP contribution is -2.34. The van der Waals surface area contributed by atoms with Crippen LogP contribution in [0.5, 0.6) is 0 Å². The topological polar surface area (TPSA) is 74.2 Å². The number of unbranched alkanes of at least 4 members (excludes halogenated alkanes) is 1. The van der Waals surface area contributed by atoms with Crippen molar-refractivity contribution in [2.75, 3.05) is 13.2 Å². The van der Waals surface area contributed by atoms with Gasteiger partial charge in [-0.2, -0.15) is 0 Å². The van der Waals surface area contributed by atoms with Crippen LogP contribution in [0.2, 0.25) is 0 Å². The Labute approximate surface area is 229 Å². The summed E-state index contributed by atoms with van der Waals surface area (Å²) in [5, 5.41) is 9.01. The lowest BCUT2D eigenvalue weighted by Gasteiger charge is -2.34. The third-order valence-corrected chi connectivity index (χ3v) is 9.58. The Hall–Kier alpha value is -1.37. The number of carbonyl (C=O) groups is 1. The minimum atomic E-state index is -0.693. The van der Waals surface area contributed by atoms with Gasteiger partial charge in [0.1, 0.15) is 5.76 Å². The van der Waals surface area contributed by atoms with Crippen molar-refractivity contribution in [3.63, 3.8) is 0 Å². The van der Waals surface area contributed by atoms with Crippen LogP contribution in [-0.2, 0) is 23.7 Å². The van der Waals surface area contributed by atoms with E-state index in [9.17, 15) is 4.79 Å². The molecule has 4 fully saturated rings. The van der Waals surface area contributed by atoms with Gasteiger partial charge in [-0.25, -0.2) is 0 Å². The van der Waals surface area contributed by atoms with Crippen molar-refractivity contribution in [2.24, 2.45) is 23.7 Å². The van der Waals surface area contributed by atoms with Crippen LogP contribution in [0, 0.1) is 23.7 Å². The molecule has 0 radical (unpaired) electrons. The first-order valence-electron chi connectivity index (χ1n) is 15.8. The minimum absolute atomic E-state index is 0.0972. The minimum Gasteiger partial charge on any atom is -0.481 e. The van der Waals surface area contributed by atoms with E-state index in [-0.39, 0.29) is 31.0 Å². The van der Waals surface area contributed by atoms with Gasteiger partial charge in [-0.3, -0.25) is 4.79 Å². The summed E-state index contributed by atoms with van der Waals surface area (Å²) in [6.45, 7) is 1.58. The molecule has 6 nitrogen and oxygen atoms in total. The Morgan fingerprint density at radius 3 is 2.39 bits per heavy atom. The molecule has 1 N–H and O–H groups in total. The number of fused-ring (bicyclic) bond motifs is 1. The van der Waals surface area contributed by atoms with Crippen molar-refractivity contribution in [2.45, 2.75) is 134 Å². The van der Waals surface area contributed by atoms with Crippen molar-refractivity contribution in [3.05, 3.63) is 23.5 Å². The van der Waals surface area contributed by atoms with Crippen LogP contribution in [0.1, 0.15) is 116 Å². The molecule has 6 heteroatoms. The fraction of sp³-hybridized carbons (Fsp3) is 0.844. The maximum absolute atomic E-state index is 10.9. The number of aliphatic carboxylic acids is 1. The molecule has 0 amide bonds. The van der Waals surface area contributed by atoms with Gasteiger partial charge in [-0.1, -0.05) is 43.8 Å². The second kappa shape index (κ2) is 14.3. The highest BCUT2D eigenvalue weighted by Crippen LogP contribution is 2.52. The number of hydrogen-bond acceptors (Lipinski definition) is 5. The first-order valence-corrected chi connectivity index (χ1v) is 15.8. The van der Waals surface area contributed by atoms with Crippen LogP contribution in [-0.4, -0.2) is 43.0 Å². The maximum atomic E-state index is 10.9. The number of carboxylic acids is 1. The summed E-state index contributed by atoms with van der Waals surface area (Å²) in [7, 11) is 0. The van der Waals surface area contributed by atoms with E-state index < -0.39 is 5.97 Å². The summed E-state index contributed by atoms with van der Waals surface area (Å²) in [6.07, 6.45) is 24.3. The summed E-state index contributed by atoms with van der Waals surface area (Å²) in [6, 6.07) is 0. The Balaban J connectivity index is 1.32. The van der Waals surface area contributed by atoms with Crippen molar-refractivity contribution < 1.29 is 28.8 Å². The molecule has 0 aromatic heterocycles. The highest BCUT2D eigenvalue weighted by atomic mass is 16.7. The Morgan fingerprint density at radius 1 is 0.947 bits per heavy atom. The third kappa shape index (κ3) is 7.85. The lowest BCUT2D eigenvalue weighted by atomic mass is 9.84. The standard InChI is InChI=1S/C32H50O6/c33-29(34)13-5-4-12-24-20-25-22-28(38-31-15-7-9-19-36-31)32(26(25)21-24)27(37-30-14-6-8-18-35-30)17-16-23-10-2-1-3-11-23/h17,20,23,25-26,28,30-32H,1-16,18-19,21-22H2,(H,33,34)/t25-,26-,28-,30?,31?,32-/m1/s1. The predicted molar refractivity (Wildman–Crippen MR) is 146 cm³/mol. The van der Waals surface area contributed by atoms with E-state index in [1.54, 1.807) is 0 Å². The molecule has 0 spiro atoms. The molecular formula is C32H50O6. The molecule has 214 valence electrons. The number of ether oxygens (including phenoxy) is 4. The van der Waals surface area contributed by atoms with Gasteiger partial charge in [0.25, 0.3) is 0 Å². The van der Waals surface area contributed by atoms with E-state index >= 15 is 0 Å². The van der Waals surface area contributed by atoms with Crippen molar-refractivity contribution >= 4 is 5.97 Å². The molecule has 5 rings (SSSR count). The zero-order valence-electron chi connectivity index (χ0n) is 23.3. The molecular weight excluding hydrogens is 480 g/mol. The molecule has 2 heterocycles. The first kappa shape index (κ1) is 28.2. The summed E-state index contributed by atoms with van der Waals surface area (Å²) < 4.78 is 25.6. The summed E-state index contributed by atoms with van der Waals surface area (Å²) >= 11 is 0. The van der Waals surface area contributed by atoms with Crippen LogP contribution < -0.4 is 0 Å². The fourth-order valence-corrected chi connectivity index (χ4v) is 7.56.